The Hall–Kier alpha value is -3.04. The molecule has 1 atom stereocenters. The molecule has 0 unspecified atom stereocenters. The molecule has 0 bridgehead atoms. The Kier molecular flexibility index (Phi) is 5.65. The minimum Gasteiger partial charge on any atom is -0.399 e. The molecule has 0 spiro atoms. The standard InChI is InChI=1S/C21H23N5O3S/c1-15-13-29-11-10-26(15)19-12-18(14-30(27,28)20-4-2-3-9-23-20)24-21(25-19)16-5-7-17(22)8-6-16/h2-9,12,15H,10-11,13-14,22H2,1H3/t15-/m0/s1. The number of sulfone groups is 1. The van der Waals surface area contributed by atoms with Crippen molar-refractivity contribution in [3.05, 3.63) is 60.4 Å². The molecule has 0 saturated carbocycles. The van der Waals surface area contributed by atoms with Gasteiger partial charge in [-0.2, -0.15) is 0 Å². The van der Waals surface area contributed by atoms with Crippen LogP contribution in [0.4, 0.5) is 11.5 Å². The van der Waals surface area contributed by atoms with Crippen LogP contribution in [0.15, 0.2) is 59.8 Å². The maximum absolute atomic E-state index is 12.9. The minimum atomic E-state index is -3.64. The lowest BCUT2D eigenvalue weighted by molar-refractivity contribution is 0.0985. The SMILES string of the molecule is C[C@H]1COCCN1c1cc(CS(=O)(=O)c2ccccn2)nc(-c2ccc(N)cc2)n1. The molecule has 3 aromatic rings. The van der Waals surface area contributed by atoms with E-state index in [0.29, 0.717) is 42.8 Å². The first kappa shape index (κ1) is 20.2. The van der Waals surface area contributed by atoms with Gasteiger partial charge < -0.3 is 15.4 Å². The van der Waals surface area contributed by atoms with Gasteiger partial charge in [-0.1, -0.05) is 6.07 Å². The highest BCUT2D eigenvalue weighted by atomic mass is 32.2. The average Bonchev–Trinajstić information content (AvgIpc) is 2.75. The topological polar surface area (TPSA) is 111 Å². The van der Waals surface area contributed by atoms with E-state index in [4.69, 9.17) is 15.5 Å². The number of benzene rings is 1. The molecule has 0 aliphatic carbocycles. The van der Waals surface area contributed by atoms with Crippen LogP contribution in [0, 0.1) is 0 Å². The zero-order valence-electron chi connectivity index (χ0n) is 16.6. The van der Waals surface area contributed by atoms with Gasteiger partial charge >= 0.3 is 0 Å². The molecule has 30 heavy (non-hydrogen) atoms. The molecule has 0 amide bonds. The molecule has 156 valence electrons. The molecular weight excluding hydrogens is 402 g/mol. The molecule has 2 aromatic heterocycles. The van der Waals surface area contributed by atoms with Crippen molar-refractivity contribution in [2.24, 2.45) is 0 Å². The summed E-state index contributed by atoms with van der Waals surface area (Å²) in [5.41, 5.74) is 7.61. The van der Waals surface area contributed by atoms with Crippen LogP contribution in [0.3, 0.4) is 0 Å². The van der Waals surface area contributed by atoms with Gasteiger partial charge in [-0.05, 0) is 43.3 Å². The molecule has 2 N–H and O–H groups in total. The van der Waals surface area contributed by atoms with E-state index in [0.717, 1.165) is 5.56 Å². The first-order valence-electron chi connectivity index (χ1n) is 9.64. The summed E-state index contributed by atoms with van der Waals surface area (Å²) in [6, 6.07) is 13.9. The van der Waals surface area contributed by atoms with Gasteiger partial charge in [0.2, 0.25) is 9.84 Å². The Balaban J connectivity index is 1.76. The predicted molar refractivity (Wildman–Crippen MR) is 115 cm³/mol. The van der Waals surface area contributed by atoms with Crippen molar-refractivity contribution >= 4 is 21.3 Å². The Morgan fingerprint density at radius 3 is 2.67 bits per heavy atom. The Bertz CT molecular complexity index is 1120. The van der Waals surface area contributed by atoms with E-state index >= 15 is 0 Å². The number of hydrogen-bond acceptors (Lipinski definition) is 8. The predicted octanol–water partition coefficient (Wildman–Crippen LogP) is 2.32. The number of aromatic nitrogens is 3. The highest BCUT2D eigenvalue weighted by Crippen LogP contribution is 2.25. The number of nitrogens with two attached hydrogens (primary N) is 1. The van der Waals surface area contributed by atoms with Gasteiger partial charge in [0.1, 0.15) is 5.82 Å². The van der Waals surface area contributed by atoms with Crippen LogP contribution in [0.5, 0.6) is 0 Å². The maximum Gasteiger partial charge on any atom is 0.201 e. The van der Waals surface area contributed by atoms with Gasteiger partial charge in [0, 0.05) is 30.1 Å². The van der Waals surface area contributed by atoms with Crippen molar-refractivity contribution in [3.63, 3.8) is 0 Å². The van der Waals surface area contributed by atoms with Gasteiger partial charge in [0.25, 0.3) is 0 Å². The Labute approximate surface area is 175 Å². The van der Waals surface area contributed by atoms with Gasteiger partial charge in [0.05, 0.1) is 30.7 Å². The van der Waals surface area contributed by atoms with E-state index in [1.165, 1.54) is 12.3 Å². The average molecular weight is 426 g/mol. The Morgan fingerprint density at radius 2 is 1.97 bits per heavy atom. The fraction of sp³-hybridized carbons (Fsp3) is 0.286. The van der Waals surface area contributed by atoms with Gasteiger partial charge in [-0.15, -0.1) is 0 Å². The smallest absolute Gasteiger partial charge is 0.201 e. The molecule has 9 heteroatoms. The molecule has 1 aliphatic rings. The van der Waals surface area contributed by atoms with Crippen LogP contribution >= 0.6 is 0 Å². The molecular formula is C21H23N5O3S. The third kappa shape index (κ3) is 4.42. The summed E-state index contributed by atoms with van der Waals surface area (Å²) >= 11 is 0. The fourth-order valence-electron chi connectivity index (χ4n) is 3.33. The van der Waals surface area contributed by atoms with Gasteiger partial charge in [-0.3, -0.25) is 0 Å². The van der Waals surface area contributed by atoms with E-state index in [-0.39, 0.29) is 16.8 Å². The van der Waals surface area contributed by atoms with Crippen molar-refractivity contribution in [1.29, 1.82) is 0 Å². The van der Waals surface area contributed by atoms with Crippen molar-refractivity contribution in [2.45, 2.75) is 23.7 Å². The van der Waals surface area contributed by atoms with Crippen molar-refractivity contribution in [2.75, 3.05) is 30.4 Å². The molecule has 1 fully saturated rings. The number of hydrogen-bond donors (Lipinski definition) is 1. The summed E-state index contributed by atoms with van der Waals surface area (Å²) in [6.45, 7) is 3.90. The monoisotopic (exact) mass is 425 g/mol. The lowest BCUT2D eigenvalue weighted by Gasteiger charge is -2.34. The second-order valence-electron chi connectivity index (χ2n) is 7.21. The first-order valence-corrected chi connectivity index (χ1v) is 11.3. The summed E-state index contributed by atoms with van der Waals surface area (Å²) < 4.78 is 31.3. The molecule has 8 nitrogen and oxygen atoms in total. The first-order chi connectivity index (χ1) is 14.4. The number of morpholine rings is 1. The number of ether oxygens (including phenoxy) is 1. The van der Waals surface area contributed by atoms with E-state index in [2.05, 4.69) is 21.8 Å². The van der Waals surface area contributed by atoms with E-state index in [1.807, 2.05) is 12.1 Å². The second-order valence-corrected chi connectivity index (χ2v) is 9.14. The maximum atomic E-state index is 12.9. The van der Waals surface area contributed by atoms with Crippen LogP contribution in [0.25, 0.3) is 11.4 Å². The van der Waals surface area contributed by atoms with Crippen molar-refractivity contribution < 1.29 is 13.2 Å². The van der Waals surface area contributed by atoms with Crippen LogP contribution in [0.2, 0.25) is 0 Å². The summed E-state index contributed by atoms with van der Waals surface area (Å²) in [5, 5.41) is 0.0268. The number of pyridine rings is 1. The second kappa shape index (κ2) is 8.37. The van der Waals surface area contributed by atoms with Crippen LogP contribution < -0.4 is 10.6 Å². The van der Waals surface area contributed by atoms with E-state index in [1.54, 1.807) is 30.3 Å². The lowest BCUT2D eigenvalue weighted by Crippen LogP contribution is -2.44. The summed E-state index contributed by atoms with van der Waals surface area (Å²) in [6.07, 6.45) is 1.47. The van der Waals surface area contributed by atoms with Gasteiger partial charge in [-0.25, -0.2) is 23.4 Å². The van der Waals surface area contributed by atoms with E-state index in [9.17, 15) is 8.42 Å². The normalized spacial score (nSPS) is 17.1. The third-order valence-electron chi connectivity index (χ3n) is 4.89. The molecule has 0 radical (unpaired) electrons. The van der Waals surface area contributed by atoms with Gasteiger partial charge in [0.15, 0.2) is 10.9 Å². The molecule has 1 aliphatic heterocycles. The number of nitrogen functional groups attached to an aromatic ring is 1. The van der Waals surface area contributed by atoms with Crippen molar-refractivity contribution in [1.82, 2.24) is 15.0 Å². The summed E-state index contributed by atoms with van der Waals surface area (Å²) in [4.78, 5) is 15.4. The highest BCUT2D eigenvalue weighted by Gasteiger charge is 2.24. The quantitative estimate of drug-likeness (QED) is 0.620. The number of rotatable bonds is 5. The summed E-state index contributed by atoms with van der Waals surface area (Å²) in [5.74, 6) is 0.872. The zero-order chi connectivity index (χ0) is 21.1. The molecule has 1 saturated heterocycles. The molecule has 3 heterocycles. The summed E-state index contributed by atoms with van der Waals surface area (Å²) in [7, 11) is -3.64. The lowest BCUT2D eigenvalue weighted by atomic mass is 10.2. The Morgan fingerprint density at radius 1 is 1.17 bits per heavy atom. The number of anilines is 2. The van der Waals surface area contributed by atoms with Crippen LogP contribution in [-0.4, -0.2) is 49.2 Å². The van der Waals surface area contributed by atoms with Crippen molar-refractivity contribution in [3.8, 4) is 11.4 Å². The fourth-order valence-corrected chi connectivity index (χ4v) is 4.53. The van der Waals surface area contributed by atoms with E-state index < -0.39 is 9.84 Å². The number of nitrogens with zero attached hydrogens (tertiary/aromatic N) is 4. The zero-order valence-corrected chi connectivity index (χ0v) is 17.4. The third-order valence-corrected chi connectivity index (χ3v) is 6.45. The highest BCUT2D eigenvalue weighted by molar-refractivity contribution is 7.90. The largest absolute Gasteiger partial charge is 0.399 e. The molecule has 1 aromatic carbocycles. The molecule has 4 rings (SSSR count). The van der Waals surface area contributed by atoms with Crippen LogP contribution in [-0.2, 0) is 20.3 Å². The minimum absolute atomic E-state index is 0.0268. The van der Waals surface area contributed by atoms with Crippen LogP contribution in [0.1, 0.15) is 12.6 Å².